The van der Waals surface area contributed by atoms with Crippen LogP contribution in [0, 0.1) is 24.7 Å². The van der Waals surface area contributed by atoms with E-state index in [9.17, 15) is 8.42 Å². The fraction of sp³-hybridized carbons (Fsp3) is 0.440. The fourth-order valence-corrected chi connectivity index (χ4v) is 7.83. The van der Waals surface area contributed by atoms with Gasteiger partial charge in [-0.3, -0.25) is 4.90 Å². The van der Waals surface area contributed by atoms with Crippen molar-refractivity contribution in [3.8, 4) is 0 Å². The van der Waals surface area contributed by atoms with E-state index in [0.29, 0.717) is 23.3 Å². The van der Waals surface area contributed by atoms with E-state index < -0.39 is 10.0 Å². The van der Waals surface area contributed by atoms with Crippen LogP contribution >= 0.6 is 0 Å². The minimum atomic E-state index is -3.53. The summed E-state index contributed by atoms with van der Waals surface area (Å²) in [4.78, 5) is 2.96. The van der Waals surface area contributed by atoms with Gasteiger partial charge in [-0.05, 0) is 55.2 Å². The van der Waals surface area contributed by atoms with Gasteiger partial charge in [-0.1, -0.05) is 54.1 Å². The highest BCUT2D eigenvalue weighted by Crippen LogP contribution is 2.51. The van der Waals surface area contributed by atoms with E-state index in [4.69, 9.17) is 0 Å². The number of aryl methyl sites for hydroxylation is 1. The maximum Gasteiger partial charge on any atom is 0.243 e. The average molecular weight is 423 g/mol. The Morgan fingerprint density at radius 2 is 1.80 bits per heavy atom. The van der Waals surface area contributed by atoms with E-state index >= 15 is 0 Å². The lowest BCUT2D eigenvalue weighted by molar-refractivity contribution is 0.0336. The van der Waals surface area contributed by atoms with Crippen LogP contribution in [0.1, 0.15) is 24.0 Å². The highest BCUT2D eigenvalue weighted by molar-refractivity contribution is 7.89. The molecule has 4 bridgehead atoms. The van der Waals surface area contributed by atoms with Gasteiger partial charge in [0.2, 0.25) is 10.0 Å². The molecule has 2 heterocycles. The van der Waals surface area contributed by atoms with Gasteiger partial charge in [0.15, 0.2) is 0 Å². The summed E-state index contributed by atoms with van der Waals surface area (Å²) in [7, 11) is -3.53. The molecule has 5 atom stereocenters. The minimum Gasteiger partial charge on any atom is -0.294 e. The van der Waals surface area contributed by atoms with Crippen LogP contribution in [0.3, 0.4) is 0 Å². The lowest BCUT2D eigenvalue weighted by Crippen LogP contribution is -2.62. The van der Waals surface area contributed by atoms with Gasteiger partial charge in [-0.15, -0.1) is 6.58 Å². The summed E-state index contributed by atoms with van der Waals surface area (Å²) in [6.45, 7) is 8.64. The van der Waals surface area contributed by atoms with Gasteiger partial charge in [0, 0.05) is 31.7 Å². The first-order valence-electron chi connectivity index (χ1n) is 11.0. The Morgan fingerprint density at radius 3 is 2.50 bits per heavy atom. The third kappa shape index (κ3) is 3.24. The molecule has 5 heteroatoms. The zero-order valence-corrected chi connectivity index (χ0v) is 18.3. The van der Waals surface area contributed by atoms with E-state index in [2.05, 4.69) is 35.7 Å². The van der Waals surface area contributed by atoms with Gasteiger partial charge in [-0.25, -0.2) is 8.42 Å². The van der Waals surface area contributed by atoms with E-state index in [1.165, 1.54) is 5.56 Å². The molecule has 2 aliphatic heterocycles. The average Bonchev–Trinajstić information content (AvgIpc) is 3.00. The second kappa shape index (κ2) is 7.63. The van der Waals surface area contributed by atoms with Crippen molar-refractivity contribution in [1.82, 2.24) is 9.21 Å². The number of likely N-dealkylation sites (tertiary alicyclic amines) is 1. The number of piperidine rings is 1. The summed E-state index contributed by atoms with van der Waals surface area (Å²) < 4.78 is 29.2. The summed E-state index contributed by atoms with van der Waals surface area (Å²) in [5.74, 6) is 1.43. The van der Waals surface area contributed by atoms with E-state index in [1.807, 2.05) is 35.5 Å². The van der Waals surface area contributed by atoms with Crippen molar-refractivity contribution in [2.24, 2.45) is 17.8 Å². The first-order chi connectivity index (χ1) is 14.5. The Labute approximate surface area is 180 Å². The fourth-order valence-electron chi connectivity index (χ4n) is 6.13. The molecule has 3 fully saturated rings. The number of nitrogens with zero attached hydrogens (tertiary/aromatic N) is 2. The molecule has 0 N–H and O–H groups in total. The smallest absolute Gasteiger partial charge is 0.243 e. The number of benzene rings is 2. The van der Waals surface area contributed by atoms with Crippen LogP contribution < -0.4 is 0 Å². The van der Waals surface area contributed by atoms with Crippen LogP contribution in [0.25, 0.3) is 0 Å². The number of hydrogen-bond donors (Lipinski definition) is 0. The molecule has 2 aromatic rings. The monoisotopic (exact) mass is 422 g/mol. The zero-order valence-electron chi connectivity index (χ0n) is 17.5. The first-order valence-corrected chi connectivity index (χ1v) is 12.4. The van der Waals surface area contributed by atoms with Gasteiger partial charge >= 0.3 is 0 Å². The molecule has 2 saturated heterocycles. The van der Waals surface area contributed by atoms with Crippen molar-refractivity contribution < 1.29 is 8.42 Å². The second-order valence-corrected chi connectivity index (χ2v) is 11.1. The maximum atomic E-state index is 13.7. The first kappa shape index (κ1) is 20.0. The summed E-state index contributed by atoms with van der Waals surface area (Å²) >= 11 is 0. The number of rotatable bonds is 5. The molecule has 0 spiro atoms. The number of hydrogen-bond acceptors (Lipinski definition) is 3. The molecule has 1 saturated carbocycles. The maximum absolute atomic E-state index is 13.7. The Morgan fingerprint density at radius 1 is 1.07 bits per heavy atom. The highest BCUT2D eigenvalue weighted by atomic mass is 32.2. The van der Waals surface area contributed by atoms with Crippen molar-refractivity contribution in [3.63, 3.8) is 0 Å². The van der Waals surface area contributed by atoms with Crippen LogP contribution in [0.5, 0.6) is 0 Å². The van der Waals surface area contributed by atoms with Crippen molar-refractivity contribution in [1.29, 1.82) is 0 Å². The molecular formula is C25H30N2O2S. The summed E-state index contributed by atoms with van der Waals surface area (Å²) in [6, 6.07) is 18.1. The third-order valence-corrected chi connectivity index (χ3v) is 9.38. The van der Waals surface area contributed by atoms with E-state index in [0.717, 1.165) is 31.5 Å². The van der Waals surface area contributed by atoms with Gasteiger partial charge < -0.3 is 0 Å². The largest absolute Gasteiger partial charge is 0.294 e. The van der Waals surface area contributed by atoms with Crippen molar-refractivity contribution in [3.05, 3.63) is 78.4 Å². The van der Waals surface area contributed by atoms with Gasteiger partial charge in [0.25, 0.3) is 0 Å². The molecule has 158 valence electrons. The lowest BCUT2D eigenvalue weighted by Gasteiger charge is -2.51. The van der Waals surface area contributed by atoms with E-state index in [-0.39, 0.29) is 18.0 Å². The quantitative estimate of drug-likeness (QED) is 0.682. The van der Waals surface area contributed by atoms with Crippen LogP contribution in [0.2, 0.25) is 0 Å². The molecule has 0 amide bonds. The summed E-state index contributed by atoms with van der Waals surface area (Å²) in [5.41, 5.74) is 2.37. The summed E-state index contributed by atoms with van der Waals surface area (Å²) in [6.07, 6.45) is 4.00. The SMILES string of the molecule is C=CC1CC2CN(Cc3ccccc3)C3C2CCN(S(=O)(=O)c2ccc(C)cc2)C13. The van der Waals surface area contributed by atoms with Crippen molar-refractivity contribution in [2.75, 3.05) is 13.1 Å². The molecular weight excluding hydrogens is 392 g/mol. The molecule has 30 heavy (non-hydrogen) atoms. The van der Waals surface area contributed by atoms with Gasteiger partial charge in [-0.2, -0.15) is 4.31 Å². The molecule has 0 aromatic heterocycles. The Hall–Kier alpha value is -1.95. The van der Waals surface area contributed by atoms with Gasteiger partial charge in [0.1, 0.15) is 0 Å². The van der Waals surface area contributed by atoms with Crippen LogP contribution in [0.4, 0.5) is 0 Å². The van der Waals surface area contributed by atoms with Crippen LogP contribution in [-0.2, 0) is 16.6 Å². The molecule has 4 nitrogen and oxygen atoms in total. The summed E-state index contributed by atoms with van der Waals surface area (Å²) in [5, 5.41) is 0. The molecule has 2 aromatic carbocycles. The topological polar surface area (TPSA) is 40.6 Å². The zero-order chi connectivity index (χ0) is 20.9. The molecule has 1 aliphatic carbocycles. The van der Waals surface area contributed by atoms with Crippen LogP contribution in [-0.4, -0.2) is 42.8 Å². The molecule has 0 radical (unpaired) electrons. The predicted octanol–water partition coefficient (Wildman–Crippen LogP) is 4.08. The van der Waals surface area contributed by atoms with E-state index in [1.54, 1.807) is 12.1 Å². The lowest BCUT2D eigenvalue weighted by atomic mass is 9.68. The molecule has 5 rings (SSSR count). The Bertz CT molecular complexity index is 1020. The highest BCUT2D eigenvalue weighted by Gasteiger charge is 2.57. The Balaban J connectivity index is 1.51. The van der Waals surface area contributed by atoms with Gasteiger partial charge in [0.05, 0.1) is 4.90 Å². The van der Waals surface area contributed by atoms with Crippen molar-refractivity contribution in [2.45, 2.75) is 43.3 Å². The van der Waals surface area contributed by atoms with Crippen LogP contribution in [0.15, 0.2) is 72.1 Å². The standard InChI is InChI=1S/C25H30N2O2S/c1-3-20-15-21-17-26(16-19-7-5-4-6-8-19)25-23(21)13-14-27(24(20)25)30(28,29)22-11-9-18(2)10-12-22/h3-12,20-21,23-25H,1,13-17H2,2H3. The number of sulfonamides is 1. The third-order valence-electron chi connectivity index (χ3n) is 7.47. The minimum absolute atomic E-state index is 0.0324. The normalized spacial score (nSPS) is 31.6. The predicted molar refractivity (Wildman–Crippen MR) is 119 cm³/mol. The second-order valence-electron chi connectivity index (χ2n) is 9.17. The van der Waals surface area contributed by atoms with Crippen molar-refractivity contribution >= 4 is 10.0 Å². The Kier molecular flexibility index (Phi) is 5.08. The molecule has 3 aliphatic rings. The molecule has 5 unspecified atom stereocenters.